The van der Waals surface area contributed by atoms with Crippen molar-refractivity contribution >= 4 is 17.5 Å². The van der Waals surface area contributed by atoms with E-state index in [0.29, 0.717) is 24.2 Å². The van der Waals surface area contributed by atoms with Crippen molar-refractivity contribution in [2.24, 2.45) is 5.73 Å². The number of rotatable bonds is 6. The van der Waals surface area contributed by atoms with Gasteiger partial charge in [0.05, 0.1) is 0 Å². The first-order valence-electron chi connectivity index (χ1n) is 6.41. The second-order valence-corrected chi connectivity index (χ2v) is 4.35. The molecule has 1 aromatic rings. The van der Waals surface area contributed by atoms with E-state index in [1.807, 2.05) is 6.92 Å². The predicted octanol–water partition coefficient (Wildman–Crippen LogP) is 1.42. The fraction of sp³-hybridized carbons (Fsp3) is 0.429. The van der Waals surface area contributed by atoms with E-state index in [0.717, 1.165) is 18.4 Å². The minimum absolute atomic E-state index is 0.0504. The highest BCUT2D eigenvalue weighted by Gasteiger charge is 2.11. The molecule has 1 rings (SSSR count). The SMILES string of the molecule is CNC(=O)c1cccc(NC(=O)CCCCN)c1C. The van der Waals surface area contributed by atoms with Gasteiger partial charge >= 0.3 is 0 Å². The number of nitrogens with two attached hydrogens (primary N) is 1. The van der Waals surface area contributed by atoms with Gasteiger partial charge in [0.1, 0.15) is 0 Å². The molecular weight excluding hydrogens is 242 g/mol. The number of carbonyl (C=O) groups excluding carboxylic acids is 2. The maximum Gasteiger partial charge on any atom is 0.251 e. The lowest BCUT2D eigenvalue weighted by Crippen LogP contribution is -2.20. The Morgan fingerprint density at radius 2 is 2.00 bits per heavy atom. The molecule has 0 unspecified atom stereocenters. The van der Waals surface area contributed by atoms with Crippen LogP contribution in [0.1, 0.15) is 35.2 Å². The molecule has 0 aliphatic carbocycles. The summed E-state index contributed by atoms with van der Waals surface area (Å²) in [4.78, 5) is 23.4. The maximum absolute atomic E-state index is 11.7. The van der Waals surface area contributed by atoms with Crippen LogP contribution in [0.5, 0.6) is 0 Å². The third-order valence-corrected chi connectivity index (χ3v) is 2.94. The molecule has 0 spiro atoms. The van der Waals surface area contributed by atoms with Crippen LogP contribution >= 0.6 is 0 Å². The Hall–Kier alpha value is -1.88. The van der Waals surface area contributed by atoms with Crippen molar-refractivity contribution in [2.45, 2.75) is 26.2 Å². The van der Waals surface area contributed by atoms with Gasteiger partial charge in [-0.1, -0.05) is 6.07 Å². The highest BCUT2D eigenvalue weighted by atomic mass is 16.2. The summed E-state index contributed by atoms with van der Waals surface area (Å²) in [5, 5.41) is 5.41. The summed E-state index contributed by atoms with van der Waals surface area (Å²) < 4.78 is 0. The molecule has 0 bridgehead atoms. The van der Waals surface area contributed by atoms with Crippen molar-refractivity contribution in [3.05, 3.63) is 29.3 Å². The average molecular weight is 263 g/mol. The lowest BCUT2D eigenvalue weighted by atomic mass is 10.1. The van der Waals surface area contributed by atoms with E-state index in [-0.39, 0.29) is 11.8 Å². The molecule has 0 heterocycles. The molecule has 4 N–H and O–H groups in total. The summed E-state index contributed by atoms with van der Waals surface area (Å²) in [5.74, 6) is -0.206. The maximum atomic E-state index is 11.7. The van der Waals surface area contributed by atoms with Gasteiger partial charge in [0.15, 0.2) is 0 Å². The van der Waals surface area contributed by atoms with E-state index in [9.17, 15) is 9.59 Å². The van der Waals surface area contributed by atoms with Crippen LogP contribution in [0.4, 0.5) is 5.69 Å². The van der Waals surface area contributed by atoms with Crippen LogP contribution in [0.3, 0.4) is 0 Å². The van der Waals surface area contributed by atoms with Crippen LogP contribution in [-0.4, -0.2) is 25.4 Å². The van der Waals surface area contributed by atoms with Gasteiger partial charge in [-0.25, -0.2) is 0 Å². The van der Waals surface area contributed by atoms with Crippen molar-refractivity contribution in [2.75, 3.05) is 18.9 Å². The lowest BCUT2D eigenvalue weighted by Gasteiger charge is -2.11. The van der Waals surface area contributed by atoms with Crippen LogP contribution in [0.2, 0.25) is 0 Å². The summed E-state index contributed by atoms with van der Waals surface area (Å²) in [5.41, 5.74) is 7.41. The molecule has 0 radical (unpaired) electrons. The van der Waals surface area contributed by atoms with E-state index in [1.54, 1.807) is 25.2 Å². The Kier molecular flexibility index (Phi) is 6.02. The van der Waals surface area contributed by atoms with E-state index in [2.05, 4.69) is 10.6 Å². The molecule has 5 nitrogen and oxygen atoms in total. The number of carbonyl (C=O) groups is 2. The number of hydrogen-bond acceptors (Lipinski definition) is 3. The smallest absolute Gasteiger partial charge is 0.251 e. The standard InChI is InChI=1S/C14H21N3O2/c1-10-11(14(19)16-2)6-5-7-12(10)17-13(18)8-3-4-9-15/h5-7H,3-4,8-9,15H2,1-2H3,(H,16,19)(H,17,18). The second kappa shape index (κ2) is 7.53. The fourth-order valence-corrected chi connectivity index (χ4v) is 1.79. The minimum atomic E-state index is -0.156. The van der Waals surface area contributed by atoms with E-state index < -0.39 is 0 Å². The normalized spacial score (nSPS) is 10.1. The van der Waals surface area contributed by atoms with Gasteiger partial charge in [-0.2, -0.15) is 0 Å². The van der Waals surface area contributed by atoms with Crippen molar-refractivity contribution < 1.29 is 9.59 Å². The van der Waals surface area contributed by atoms with Gasteiger partial charge in [0.25, 0.3) is 5.91 Å². The number of unbranched alkanes of at least 4 members (excludes halogenated alkanes) is 1. The molecule has 0 atom stereocenters. The van der Waals surface area contributed by atoms with Crippen molar-refractivity contribution in [3.63, 3.8) is 0 Å². The Morgan fingerprint density at radius 3 is 2.63 bits per heavy atom. The summed E-state index contributed by atoms with van der Waals surface area (Å²) in [6.07, 6.45) is 2.06. The predicted molar refractivity (Wildman–Crippen MR) is 76.1 cm³/mol. The van der Waals surface area contributed by atoms with Gasteiger partial charge in [-0.3, -0.25) is 9.59 Å². The van der Waals surface area contributed by atoms with Crippen LogP contribution in [-0.2, 0) is 4.79 Å². The van der Waals surface area contributed by atoms with Gasteiger partial charge in [0.2, 0.25) is 5.91 Å². The molecular formula is C14H21N3O2. The molecule has 0 aliphatic heterocycles. The first-order valence-corrected chi connectivity index (χ1v) is 6.41. The topological polar surface area (TPSA) is 84.2 Å². The average Bonchev–Trinajstić information content (AvgIpc) is 2.40. The highest BCUT2D eigenvalue weighted by Crippen LogP contribution is 2.19. The molecule has 1 aromatic carbocycles. The fourth-order valence-electron chi connectivity index (χ4n) is 1.79. The number of anilines is 1. The van der Waals surface area contributed by atoms with Crippen molar-refractivity contribution in [1.82, 2.24) is 5.32 Å². The van der Waals surface area contributed by atoms with Gasteiger partial charge in [-0.05, 0) is 44.0 Å². The number of nitrogens with one attached hydrogen (secondary N) is 2. The zero-order valence-electron chi connectivity index (χ0n) is 11.5. The Morgan fingerprint density at radius 1 is 1.26 bits per heavy atom. The van der Waals surface area contributed by atoms with E-state index in [1.165, 1.54) is 0 Å². The minimum Gasteiger partial charge on any atom is -0.355 e. The quantitative estimate of drug-likeness (QED) is 0.679. The van der Waals surface area contributed by atoms with Crippen LogP contribution in [0.15, 0.2) is 18.2 Å². The van der Waals surface area contributed by atoms with Crippen molar-refractivity contribution in [1.29, 1.82) is 0 Å². The number of amides is 2. The summed E-state index contributed by atoms with van der Waals surface area (Å²) in [6.45, 7) is 2.42. The van der Waals surface area contributed by atoms with E-state index in [4.69, 9.17) is 5.73 Å². The molecule has 0 fully saturated rings. The van der Waals surface area contributed by atoms with Crippen LogP contribution in [0, 0.1) is 6.92 Å². The Bertz CT molecular complexity index is 458. The second-order valence-electron chi connectivity index (χ2n) is 4.35. The Balaban J connectivity index is 2.73. The molecule has 5 heteroatoms. The van der Waals surface area contributed by atoms with E-state index >= 15 is 0 Å². The molecule has 0 saturated heterocycles. The number of benzene rings is 1. The van der Waals surface area contributed by atoms with Crippen LogP contribution < -0.4 is 16.4 Å². The zero-order valence-corrected chi connectivity index (χ0v) is 11.5. The largest absolute Gasteiger partial charge is 0.355 e. The van der Waals surface area contributed by atoms with Gasteiger partial charge < -0.3 is 16.4 Å². The Labute approximate surface area is 113 Å². The highest BCUT2D eigenvalue weighted by molar-refractivity contribution is 5.99. The molecule has 0 saturated carbocycles. The summed E-state index contributed by atoms with van der Waals surface area (Å²) in [7, 11) is 1.58. The summed E-state index contributed by atoms with van der Waals surface area (Å²) >= 11 is 0. The first kappa shape index (κ1) is 15.2. The third kappa shape index (κ3) is 4.37. The number of hydrogen-bond donors (Lipinski definition) is 3. The zero-order chi connectivity index (χ0) is 14.3. The van der Waals surface area contributed by atoms with Gasteiger partial charge in [-0.15, -0.1) is 0 Å². The molecule has 19 heavy (non-hydrogen) atoms. The van der Waals surface area contributed by atoms with Gasteiger partial charge in [0, 0.05) is 24.7 Å². The monoisotopic (exact) mass is 263 g/mol. The lowest BCUT2D eigenvalue weighted by molar-refractivity contribution is -0.116. The third-order valence-electron chi connectivity index (χ3n) is 2.94. The molecule has 104 valence electrons. The first-order chi connectivity index (χ1) is 9.10. The van der Waals surface area contributed by atoms with Crippen molar-refractivity contribution in [3.8, 4) is 0 Å². The molecule has 0 aromatic heterocycles. The van der Waals surface area contributed by atoms with Crippen LogP contribution in [0.25, 0.3) is 0 Å². The molecule has 0 aliphatic rings. The molecule has 2 amide bonds. The summed E-state index contributed by atoms with van der Waals surface area (Å²) in [6, 6.07) is 5.29.